The molecule has 0 fully saturated rings. The summed E-state index contributed by atoms with van der Waals surface area (Å²) in [7, 11) is 0. The third-order valence-electron chi connectivity index (χ3n) is 13.6. The second-order valence-corrected chi connectivity index (χ2v) is 17.7. The first-order valence-electron chi connectivity index (χ1n) is 21.4. The summed E-state index contributed by atoms with van der Waals surface area (Å²) in [4.78, 5) is 4.85. The molecule has 2 aliphatic carbocycles. The van der Waals surface area contributed by atoms with Gasteiger partial charge in [-0.1, -0.05) is 155 Å². The van der Waals surface area contributed by atoms with Crippen molar-refractivity contribution in [2.75, 3.05) is 9.80 Å². The van der Waals surface area contributed by atoms with Gasteiger partial charge in [0.15, 0.2) is 0 Å². The van der Waals surface area contributed by atoms with Crippen LogP contribution >= 0.6 is 0 Å². The normalized spacial score (nSPS) is 14.2. The van der Waals surface area contributed by atoms with E-state index in [1.54, 1.807) is 0 Å². The third kappa shape index (κ3) is 5.17. The molecule has 0 saturated carbocycles. The van der Waals surface area contributed by atoms with E-state index >= 15 is 0 Å². The zero-order chi connectivity index (χ0) is 41.0. The molecule has 0 amide bonds. The minimum absolute atomic E-state index is 0.125. The lowest BCUT2D eigenvalue weighted by Gasteiger charge is -2.32. The van der Waals surface area contributed by atoms with Gasteiger partial charge >= 0.3 is 0 Å². The third-order valence-corrected chi connectivity index (χ3v) is 13.6. The van der Waals surface area contributed by atoms with Gasteiger partial charge in [-0.2, -0.15) is 0 Å². The van der Waals surface area contributed by atoms with Crippen molar-refractivity contribution in [3.63, 3.8) is 0 Å². The van der Waals surface area contributed by atoms with Crippen molar-refractivity contribution in [3.05, 3.63) is 216 Å². The van der Waals surface area contributed by atoms with Crippen LogP contribution in [0.15, 0.2) is 199 Å². The van der Waals surface area contributed by atoms with Crippen LogP contribution in [0.25, 0.3) is 55.0 Å². The molecule has 0 aliphatic heterocycles. The Morgan fingerprint density at radius 1 is 0.344 bits per heavy atom. The molecule has 0 radical (unpaired) electrons. The molecule has 0 N–H and O–H groups in total. The van der Waals surface area contributed by atoms with E-state index in [2.05, 4.69) is 232 Å². The minimum Gasteiger partial charge on any atom is -0.456 e. The first kappa shape index (κ1) is 35.6. The number of benzene rings is 9. The van der Waals surface area contributed by atoms with E-state index in [1.807, 2.05) is 0 Å². The van der Waals surface area contributed by atoms with Crippen molar-refractivity contribution in [1.82, 2.24) is 0 Å². The number of para-hydroxylation sites is 2. The summed E-state index contributed by atoms with van der Waals surface area (Å²) < 4.78 is 6.92. The largest absolute Gasteiger partial charge is 0.456 e. The van der Waals surface area contributed by atoms with Crippen LogP contribution in [0, 0.1) is 0 Å². The molecule has 10 aromatic rings. The molecule has 0 saturated heterocycles. The van der Waals surface area contributed by atoms with Gasteiger partial charge in [-0.3, -0.25) is 0 Å². The fourth-order valence-corrected chi connectivity index (χ4v) is 10.8. The fraction of sp³-hybridized carbons (Fsp3) is 0.103. The fourth-order valence-electron chi connectivity index (χ4n) is 10.8. The molecule has 0 atom stereocenters. The molecule has 3 heteroatoms. The summed E-state index contributed by atoms with van der Waals surface area (Å²) in [6.45, 7) is 9.43. The molecule has 1 heterocycles. The molecule has 0 spiro atoms. The molecule has 12 rings (SSSR count). The highest BCUT2D eigenvalue weighted by atomic mass is 16.3. The lowest BCUT2D eigenvalue weighted by Crippen LogP contribution is -2.20. The Bertz CT molecular complexity index is 3380. The highest BCUT2D eigenvalue weighted by molar-refractivity contribution is 6.23. The van der Waals surface area contributed by atoms with Crippen LogP contribution in [0.2, 0.25) is 0 Å². The van der Waals surface area contributed by atoms with Crippen LogP contribution in [0.4, 0.5) is 34.1 Å². The number of furan rings is 1. The number of nitrogens with zero attached hydrogens (tertiary/aromatic N) is 2. The summed E-state index contributed by atoms with van der Waals surface area (Å²) in [6, 6.07) is 70.9. The monoisotopic (exact) mass is 784 g/mol. The van der Waals surface area contributed by atoms with Gasteiger partial charge < -0.3 is 14.2 Å². The molecule has 0 bridgehead atoms. The second-order valence-electron chi connectivity index (χ2n) is 17.7. The van der Waals surface area contributed by atoms with E-state index in [4.69, 9.17) is 4.42 Å². The van der Waals surface area contributed by atoms with E-state index in [0.29, 0.717) is 0 Å². The SMILES string of the molecule is CC1(C)c2ccccc2-c2ccc(N(c3ccccc3)c3cc4oc5ccc(N(c6ccccc6)c6cccc7c6C(C)(C)c6ccccc6-7)cc5c4c4ccccc34)cc21. The number of anilines is 6. The van der Waals surface area contributed by atoms with Gasteiger partial charge in [-0.05, 0) is 111 Å². The molecule has 0 unspecified atom stereocenters. The molecule has 1 aromatic heterocycles. The summed E-state index contributed by atoms with van der Waals surface area (Å²) in [5, 5.41) is 4.53. The topological polar surface area (TPSA) is 19.6 Å². The smallest absolute Gasteiger partial charge is 0.138 e. The zero-order valence-electron chi connectivity index (χ0n) is 34.8. The van der Waals surface area contributed by atoms with Gasteiger partial charge in [0.25, 0.3) is 0 Å². The Hall–Kier alpha value is -7.36. The van der Waals surface area contributed by atoms with E-state index in [1.165, 1.54) is 50.2 Å². The summed E-state index contributed by atoms with van der Waals surface area (Å²) in [6.07, 6.45) is 0. The summed E-state index contributed by atoms with van der Waals surface area (Å²) in [5.41, 5.74) is 18.8. The van der Waals surface area contributed by atoms with Crippen molar-refractivity contribution in [1.29, 1.82) is 0 Å². The zero-order valence-corrected chi connectivity index (χ0v) is 34.8. The minimum atomic E-state index is -0.183. The van der Waals surface area contributed by atoms with Crippen molar-refractivity contribution in [3.8, 4) is 22.3 Å². The van der Waals surface area contributed by atoms with E-state index in [0.717, 1.165) is 61.1 Å². The lowest BCUT2D eigenvalue weighted by molar-refractivity contribution is 0.660. The molecular weight excluding hydrogens is 741 g/mol. The van der Waals surface area contributed by atoms with E-state index in [-0.39, 0.29) is 10.8 Å². The van der Waals surface area contributed by atoms with Crippen LogP contribution in [-0.4, -0.2) is 0 Å². The first-order chi connectivity index (χ1) is 29.8. The molecule has 9 aromatic carbocycles. The Balaban J connectivity index is 1.06. The Morgan fingerprint density at radius 3 is 1.61 bits per heavy atom. The standard InChI is InChI=1S/C58H44N2O/c1-57(2)48-27-15-13-22-41(48)43-32-30-40(35-50(43)57)60(38-20-9-6-10-21-38)52-36-54-55(45-25-12-11-24-44(45)52)47-34-39(31-33-53(47)61-54)59(37-18-7-5-8-19-37)51-29-17-26-46-42-23-14-16-28-49(42)58(3,4)56(46)51/h5-36H,1-4H3. The van der Waals surface area contributed by atoms with Gasteiger partial charge in [0.1, 0.15) is 11.2 Å². The van der Waals surface area contributed by atoms with E-state index in [9.17, 15) is 0 Å². The number of hydrogen-bond donors (Lipinski definition) is 0. The number of rotatable bonds is 6. The molecular formula is C58H44N2O. The van der Waals surface area contributed by atoms with Gasteiger partial charge in [0.2, 0.25) is 0 Å². The lowest BCUT2D eigenvalue weighted by atomic mass is 9.81. The second kappa shape index (κ2) is 13.1. The van der Waals surface area contributed by atoms with Gasteiger partial charge in [-0.25, -0.2) is 0 Å². The molecule has 292 valence electrons. The van der Waals surface area contributed by atoms with E-state index < -0.39 is 0 Å². The van der Waals surface area contributed by atoms with Crippen LogP contribution in [-0.2, 0) is 10.8 Å². The molecule has 61 heavy (non-hydrogen) atoms. The number of hydrogen-bond acceptors (Lipinski definition) is 3. The predicted octanol–water partition coefficient (Wildman–Crippen LogP) is 16.3. The van der Waals surface area contributed by atoms with Crippen LogP contribution < -0.4 is 9.80 Å². The average molecular weight is 785 g/mol. The molecule has 2 aliphatic rings. The Morgan fingerprint density at radius 2 is 0.885 bits per heavy atom. The van der Waals surface area contributed by atoms with Gasteiger partial charge in [-0.15, -0.1) is 0 Å². The summed E-state index contributed by atoms with van der Waals surface area (Å²) >= 11 is 0. The number of fused-ring (bicyclic) bond motifs is 11. The van der Waals surface area contributed by atoms with Gasteiger partial charge in [0.05, 0.1) is 11.4 Å². The summed E-state index contributed by atoms with van der Waals surface area (Å²) in [5.74, 6) is 0. The van der Waals surface area contributed by atoms with Crippen LogP contribution in [0.1, 0.15) is 49.9 Å². The van der Waals surface area contributed by atoms with Crippen molar-refractivity contribution in [2.45, 2.75) is 38.5 Å². The van der Waals surface area contributed by atoms with Crippen molar-refractivity contribution in [2.24, 2.45) is 0 Å². The highest BCUT2D eigenvalue weighted by Gasteiger charge is 2.39. The van der Waals surface area contributed by atoms with Crippen molar-refractivity contribution >= 4 is 66.8 Å². The van der Waals surface area contributed by atoms with Gasteiger partial charge in [0, 0.05) is 55.8 Å². The highest BCUT2D eigenvalue weighted by Crippen LogP contribution is 2.55. The van der Waals surface area contributed by atoms with Crippen LogP contribution in [0.5, 0.6) is 0 Å². The Labute approximate surface area is 356 Å². The maximum Gasteiger partial charge on any atom is 0.138 e. The Kier molecular flexibility index (Phi) is 7.62. The van der Waals surface area contributed by atoms with Crippen molar-refractivity contribution < 1.29 is 4.42 Å². The van der Waals surface area contributed by atoms with Crippen LogP contribution in [0.3, 0.4) is 0 Å². The quantitative estimate of drug-likeness (QED) is 0.167. The maximum absolute atomic E-state index is 6.92. The first-order valence-corrected chi connectivity index (χ1v) is 21.4. The average Bonchev–Trinajstić information content (AvgIpc) is 3.87. The predicted molar refractivity (Wildman–Crippen MR) is 256 cm³/mol. The molecule has 3 nitrogen and oxygen atoms in total. The maximum atomic E-state index is 6.92.